The SMILES string of the molecule is O=C(NCc1ccco1)c1c(/N=C\c2ccc(-c3ccc(Cl)c(Cl)c3)o2)sc2c1CCCC2. The van der Waals surface area contributed by atoms with Crippen LogP contribution in [-0.4, -0.2) is 12.1 Å². The first-order valence-corrected chi connectivity index (χ1v) is 12.2. The molecule has 0 bridgehead atoms. The van der Waals surface area contributed by atoms with E-state index in [1.807, 2.05) is 24.3 Å². The number of hydrogen-bond acceptors (Lipinski definition) is 5. The Morgan fingerprint density at radius 2 is 2.00 bits per heavy atom. The van der Waals surface area contributed by atoms with Gasteiger partial charge in [-0.3, -0.25) is 4.79 Å². The maximum Gasteiger partial charge on any atom is 0.255 e. The smallest absolute Gasteiger partial charge is 0.255 e. The van der Waals surface area contributed by atoms with Crippen molar-refractivity contribution >= 4 is 51.7 Å². The lowest BCUT2D eigenvalue weighted by molar-refractivity contribution is 0.0948. The molecule has 1 N–H and O–H groups in total. The molecule has 1 aliphatic rings. The number of thiophene rings is 1. The monoisotopic (exact) mass is 498 g/mol. The molecule has 0 saturated heterocycles. The topological polar surface area (TPSA) is 67.7 Å². The highest BCUT2D eigenvalue weighted by Gasteiger charge is 2.25. The molecule has 3 heterocycles. The molecule has 0 aliphatic heterocycles. The molecule has 1 aliphatic carbocycles. The van der Waals surface area contributed by atoms with Gasteiger partial charge in [0, 0.05) is 10.4 Å². The highest BCUT2D eigenvalue weighted by molar-refractivity contribution is 7.16. The van der Waals surface area contributed by atoms with Crippen molar-refractivity contribution in [3.63, 3.8) is 0 Å². The summed E-state index contributed by atoms with van der Waals surface area (Å²) in [6.45, 7) is 0.338. The van der Waals surface area contributed by atoms with Gasteiger partial charge < -0.3 is 14.2 Å². The minimum absolute atomic E-state index is 0.131. The average molecular weight is 499 g/mol. The zero-order chi connectivity index (χ0) is 22.8. The summed E-state index contributed by atoms with van der Waals surface area (Å²) in [5.74, 6) is 1.83. The summed E-state index contributed by atoms with van der Waals surface area (Å²) >= 11 is 13.7. The third kappa shape index (κ3) is 4.78. The third-order valence-electron chi connectivity index (χ3n) is 5.52. The Kier molecular flexibility index (Phi) is 6.40. The van der Waals surface area contributed by atoms with Gasteiger partial charge in [0.25, 0.3) is 5.91 Å². The Morgan fingerprint density at radius 1 is 1.12 bits per heavy atom. The van der Waals surface area contributed by atoms with E-state index in [0.29, 0.717) is 44.4 Å². The van der Waals surface area contributed by atoms with Crippen LogP contribution in [0.2, 0.25) is 10.0 Å². The lowest BCUT2D eigenvalue weighted by atomic mass is 9.95. The number of aliphatic imine (C=N–C) groups is 1. The minimum Gasteiger partial charge on any atom is -0.467 e. The van der Waals surface area contributed by atoms with E-state index < -0.39 is 0 Å². The highest BCUT2D eigenvalue weighted by atomic mass is 35.5. The number of carbonyl (C=O) groups excluding carboxylic acids is 1. The number of carbonyl (C=O) groups is 1. The van der Waals surface area contributed by atoms with Crippen LogP contribution in [0.15, 0.2) is 62.6 Å². The number of fused-ring (bicyclic) bond motifs is 1. The van der Waals surface area contributed by atoms with E-state index >= 15 is 0 Å². The molecule has 0 fully saturated rings. The van der Waals surface area contributed by atoms with Gasteiger partial charge >= 0.3 is 0 Å². The molecule has 1 amide bonds. The fourth-order valence-corrected chi connectivity index (χ4v) is 5.42. The van der Waals surface area contributed by atoms with Crippen LogP contribution in [0.3, 0.4) is 0 Å². The number of rotatable bonds is 6. The number of furan rings is 2. The summed E-state index contributed by atoms with van der Waals surface area (Å²) in [5, 5.41) is 4.63. The van der Waals surface area contributed by atoms with Gasteiger partial charge in [0.2, 0.25) is 0 Å². The molecule has 0 radical (unpaired) electrons. The van der Waals surface area contributed by atoms with Gasteiger partial charge in [-0.2, -0.15) is 0 Å². The van der Waals surface area contributed by atoms with Gasteiger partial charge in [-0.05, 0) is 73.7 Å². The molecule has 3 aromatic heterocycles. The summed E-state index contributed by atoms with van der Waals surface area (Å²) in [6, 6.07) is 12.7. The normalized spacial score (nSPS) is 13.4. The number of benzene rings is 1. The number of nitrogens with zero attached hydrogens (tertiary/aromatic N) is 1. The Morgan fingerprint density at radius 3 is 2.82 bits per heavy atom. The second kappa shape index (κ2) is 9.59. The van der Waals surface area contributed by atoms with Gasteiger partial charge in [-0.1, -0.05) is 23.2 Å². The summed E-state index contributed by atoms with van der Waals surface area (Å²) in [4.78, 5) is 19.0. The van der Waals surface area contributed by atoms with Crippen molar-refractivity contribution in [1.29, 1.82) is 0 Å². The fraction of sp³-hybridized carbons (Fsp3) is 0.200. The largest absolute Gasteiger partial charge is 0.467 e. The second-order valence-electron chi connectivity index (χ2n) is 7.74. The molecule has 168 valence electrons. The van der Waals surface area contributed by atoms with E-state index in [2.05, 4.69) is 10.3 Å². The molecular formula is C25H20Cl2N2O3S. The highest BCUT2D eigenvalue weighted by Crippen LogP contribution is 2.40. The van der Waals surface area contributed by atoms with E-state index in [4.69, 9.17) is 32.0 Å². The molecule has 0 saturated carbocycles. The molecule has 1 aromatic carbocycles. The molecule has 33 heavy (non-hydrogen) atoms. The standard InChI is InChI=1S/C25H20Cl2N2O3S/c26-19-9-7-15(12-20(19)27)21-10-8-17(32-21)14-29-25-23(18-5-1-2-6-22(18)33-25)24(30)28-13-16-4-3-11-31-16/h3-4,7-12,14H,1-2,5-6,13H2,(H,28,30)/b29-14-. The molecule has 8 heteroatoms. The number of aryl methyl sites for hydroxylation is 1. The molecule has 4 aromatic rings. The fourth-order valence-electron chi connectivity index (χ4n) is 3.89. The Labute approximate surface area is 205 Å². The summed E-state index contributed by atoms with van der Waals surface area (Å²) in [6.07, 6.45) is 7.34. The average Bonchev–Trinajstić information content (AvgIpc) is 3.57. The lowest BCUT2D eigenvalue weighted by Crippen LogP contribution is -2.23. The van der Waals surface area contributed by atoms with Gasteiger partial charge in [0.15, 0.2) is 0 Å². The van der Waals surface area contributed by atoms with Crippen molar-refractivity contribution in [1.82, 2.24) is 5.32 Å². The van der Waals surface area contributed by atoms with Crippen molar-refractivity contribution in [2.75, 3.05) is 0 Å². The van der Waals surface area contributed by atoms with Crippen LogP contribution in [0.1, 0.15) is 45.2 Å². The van der Waals surface area contributed by atoms with Gasteiger partial charge in [-0.25, -0.2) is 4.99 Å². The third-order valence-corrected chi connectivity index (χ3v) is 7.46. The van der Waals surface area contributed by atoms with Crippen molar-refractivity contribution in [3.8, 4) is 11.3 Å². The first-order valence-electron chi connectivity index (χ1n) is 10.6. The van der Waals surface area contributed by atoms with Crippen LogP contribution in [-0.2, 0) is 19.4 Å². The summed E-state index contributed by atoms with van der Waals surface area (Å²) in [7, 11) is 0. The van der Waals surface area contributed by atoms with E-state index in [1.165, 1.54) is 4.88 Å². The van der Waals surface area contributed by atoms with Gasteiger partial charge in [0.05, 0.1) is 34.6 Å². The molecule has 5 nitrogen and oxygen atoms in total. The summed E-state index contributed by atoms with van der Waals surface area (Å²) < 4.78 is 11.3. The zero-order valence-corrected chi connectivity index (χ0v) is 19.9. The Hall–Kier alpha value is -2.80. The molecule has 0 atom stereocenters. The second-order valence-corrected chi connectivity index (χ2v) is 9.64. The summed E-state index contributed by atoms with van der Waals surface area (Å²) in [5.41, 5.74) is 2.61. The maximum absolute atomic E-state index is 13.1. The van der Waals surface area contributed by atoms with E-state index in [0.717, 1.165) is 36.8 Å². The quantitative estimate of drug-likeness (QED) is 0.280. The van der Waals surface area contributed by atoms with Crippen LogP contribution in [0.5, 0.6) is 0 Å². The van der Waals surface area contributed by atoms with Crippen LogP contribution in [0.25, 0.3) is 11.3 Å². The molecular weight excluding hydrogens is 479 g/mol. The predicted octanol–water partition coefficient (Wildman–Crippen LogP) is 7.47. The van der Waals surface area contributed by atoms with E-state index in [-0.39, 0.29) is 5.91 Å². The predicted molar refractivity (Wildman–Crippen MR) is 132 cm³/mol. The Bertz CT molecular complexity index is 1320. The van der Waals surface area contributed by atoms with Gasteiger partial charge in [-0.15, -0.1) is 11.3 Å². The number of halogens is 2. The first kappa shape index (κ1) is 22.0. The number of hydrogen-bond donors (Lipinski definition) is 1. The van der Waals surface area contributed by atoms with E-state index in [1.54, 1.807) is 42.0 Å². The van der Waals surface area contributed by atoms with E-state index in [9.17, 15) is 4.79 Å². The van der Waals surface area contributed by atoms with Crippen LogP contribution >= 0.6 is 34.5 Å². The first-order chi connectivity index (χ1) is 16.1. The molecule has 0 unspecified atom stereocenters. The van der Waals surface area contributed by atoms with Crippen LogP contribution in [0.4, 0.5) is 5.00 Å². The molecule has 0 spiro atoms. The van der Waals surface area contributed by atoms with Crippen LogP contribution < -0.4 is 5.32 Å². The van der Waals surface area contributed by atoms with Gasteiger partial charge in [0.1, 0.15) is 22.3 Å². The molecule has 5 rings (SSSR count). The zero-order valence-electron chi connectivity index (χ0n) is 17.6. The van der Waals surface area contributed by atoms with Crippen molar-refractivity contribution in [3.05, 3.63) is 86.3 Å². The van der Waals surface area contributed by atoms with Crippen molar-refractivity contribution in [2.24, 2.45) is 4.99 Å². The minimum atomic E-state index is -0.131. The van der Waals surface area contributed by atoms with Crippen molar-refractivity contribution < 1.29 is 13.6 Å². The van der Waals surface area contributed by atoms with Crippen LogP contribution in [0, 0.1) is 0 Å². The number of nitrogens with one attached hydrogen (secondary N) is 1. The maximum atomic E-state index is 13.1. The Balaban J connectivity index is 1.40. The number of amides is 1. The van der Waals surface area contributed by atoms with Crippen molar-refractivity contribution in [2.45, 2.75) is 32.2 Å². The lowest BCUT2D eigenvalue weighted by Gasteiger charge is -2.12.